The predicted molar refractivity (Wildman–Crippen MR) is 104 cm³/mol. The SMILES string of the molecule is Cc1ccc(S(=O)(=O)N(CC(=O)NCCN(C)C)c2ccccc2F)cc1. The minimum atomic E-state index is -4.11. The molecule has 2 aromatic rings. The van der Waals surface area contributed by atoms with E-state index in [1.807, 2.05) is 25.9 Å². The number of carbonyl (C=O) groups is 1. The summed E-state index contributed by atoms with van der Waals surface area (Å²) >= 11 is 0. The lowest BCUT2D eigenvalue weighted by molar-refractivity contribution is -0.119. The molecule has 2 rings (SSSR count). The Morgan fingerprint density at radius 3 is 2.30 bits per heavy atom. The molecule has 1 N–H and O–H groups in total. The van der Waals surface area contributed by atoms with Crippen molar-refractivity contribution < 1.29 is 17.6 Å². The van der Waals surface area contributed by atoms with Crippen LogP contribution in [-0.4, -0.2) is 53.0 Å². The zero-order valence-corrected chi connectivity index (χ0v) is 16.5. The highest BCUT2D eigenvalue weighted by atomic mass is 32.2. The lowest BCUT2D eigenvalue weighted by Crippen LogP contribution is -2.42. The number of hydrogen-bond acceptors (Lipinski definition) is 4. The number of nitrogens with one attached hydrogen (secondary N) is 1. The van der Waals surface area contributed by atoms with E-state index in [2.05, 4.69) is 5.32 Å². The number of para-hydroxylation sites is 1. The van der Waals surface area contributed by atoms with Crippen molar-refractivity contribution >= 4 is 21.6 Å². The number of carbonyl (C=O) groups excluding carboxylic acids is 1. The molecular formula is C19H24FN3O3S. The van der Waals surface area contributed by atoms with Crippen LogP contribution in [0.25, 0.3) is 0 Å². The maximum Gasteiger partial charge on any atom is 0.264 e. The summed E-state index contributed by atoms with van der Waals surface area (Å²) in [5.74, 6) is -1.22. The quantitative estimate of drug-likeness (QED) is 0.745. The second kappa shape index (κ2) is 8.96. The van der Waals surface area contributed by atoms with Crippen LogP contribution in [0.5, 0.6) is 0 Å². The normalized spacial score (nSPS) is 11.4. The van der Waals surface area contributed by atoms with Crippen LogP contribution < -0.4 is 9.62 Å². The second-order valence-corrected chi connectivity index (χ2v) is 8.29. The Kier molecular flexibility index (Phi) is 6.92. The molecular weight excluding hydrogens is 369 g/mol. The fraction of sp³-hybridized carbons (Fsp3) is 0.316. The number of halogens is 1. The molecule has 1 amide bonds. The minimum Gasteiger partial charge on any atom is -0.353 e. The van der Waals surface area contributed by atoms with Crippen LogP contribution in [0.1, 0.15) is 5.56 Å². The maximum absolute atomic E-state index is 14.3. The summed E-state index contributed by atoms with van der Waals surface area (Å²) in [5, 5.41) is 2.66. The summed E-state index contributed by atoms with van der Waals surface area (Å²) in [6.45, 7) is 2.30. The molecule has 0 bridgehead atoms. The van der Waals surface area contributed by atoms with E-state index in [-0.39, 0.29) is 10.6 Å². The fourth-order valence-corrected chi connectivity index (χ4v) is 3.83. The van der Waals surface area contributed by atoms with Crippen molar-refractivity contribution in [1.82, 2.24) is 10.2 Å². The molecule has 2 aromatic carbocycles. The van der Waals surface area contributed by atoms with Gasteiger partial charge >= 0.3 is 0 Å². The molecule has 0 fully saturated rings. The number of aryl methyl sites for hydroxylation is 1. The average Bonchev–Trinajstić information content (AvgIpc) is 2.60. The standard InChI is InChI=1S/C19H24FN3O3S/c1-15-8-10-16(11-9-15)27(25,26)23(18-7-5-4-6-17(18)20)14-19(24)21-12-13-22(2)3/h4-11H,12-14H2,1-3H3,(H,21,24). The Bertz CT molecular complexity index is 883. The van der Waals surface area contributed by atoms with Crippen LogP contribution in [0.3, 0.4) is 0 Å². The van der Waals surface area contributed by atoms with Gasteiger partial charge in [0.15, 0.2) is 0 Å². The van der Waals surface area contributed by atoms with Gasteiger partial charge in [0.1, 0.15) is 12.4 Å². The van der Waals surface area contributed by atoms with E-state index < -0.39 is 28.3 Å². The monoisotopic (exact) mass is 393 g/mol. The number of nitrogens with zero attached hydrogens (tertiary/aromatic N) is 2. The molecule has 27 heavy (non-hydrogen) atoms. The summed E-state index contributed by atoms with van der Waals surface area (Å²) in [7, 11) is -0.386. The molecule has 6 nitrogen and oxygen atoms in total. The van der Waals surface area contributed by atoms with Gasteiger partial charge in [-0.05, 0) is 45.3 Å². The molecule has 0 spiro atoms. The van der Waals surface area contributed by atoms with Gasteiger partial charge in [-0.15, -0.1) is 0 Å². The molecule has 0 radical (unpaired) electrons. The van der Waals surface area contributed by atoms with Crippen molar-refractivity contribution in [2.24, 2.45) is 0 Å². The maximum atomic E-state index is 14.3. The number of hydrogen-bond donors (Lipinski definition) is 1. The zero-order valence-electron chi connectivity index (χ0n) is 15.6. The summed E-state index contributed by atoms with van der Waals surface area (Å²) < 4.78 is 41.3. The Morgan fingerprint density at radius 1 is 1.07 bits per heavy atom. The van der Waals surface area contributed by atoms with E-state index in [9.17, 15) is 17.6 Å². The number of sulfonamides is 1. The molecule has 0 atom stereocenters. The van der Waals surface area contributed by atoms with E-state index in [1.54, 1.807) is 12.1 Å². The van der Waals surface area contributed by atoms with Crippen LogP contribution in [0.15, 0.2) is 53.4 Å². The van der Waals surface area contributed by atoms with Gasteiger partial charge in [-0.25, -0.2) is 12.8 Å². The molecule has 146 valence electrons. The number of benzene rings is 2. The first-order valence-electron chi connectivity index (χ1n) is 8.47. The minimum absolute atomic E-state index is 0.00237. The topological polar surface area (TPSA) is 69.7 Å². The Morgan fingerprint density at radius 2 is 1.70 bits per heavy atom. The second-order valence-electron chi connectivity index (χ2n) is 6.43. The first-order valence-corrected chi connectivity index (χ1v) is 9.91. The molecule has 0 saturated heterocycles. The third kappa shape index (κ3) is 5.51. The highest BCUT2D eigenvalue weighted by Crippen LogP contribution is 2.26. The van der Waals surface area contributed by atoms with Gasteiger partial charge in [0.25, 0.3) is 10.0 Å². The van der Waals surface area contributed by atoms with Gasteiger partial charge in [0.2, 0.25) is 5.91 Å². The highest BCUT2D eigenvalue weighted by Gasteiger charge is 2.28. The zero-order chi connectivity index (χ0) is 20.0. The fourth-order valence-electron chi connectivity index (χ4n) is 2.40. The summed E-state index contributed by atoms with van der Waals surface area (Å²) in [6.07, 6.45) is 0. The van der Waals surface area contributed by atoms with Gasteiger partial charge in [0, 0.05) is 13.1 Å². The molecule has 0 unspecified atom stereocenters. The van der Waals surface area contributed by atoms with Crippen LogP contribution in [0.4, 0.5) is 10.1 Å². The largest absolute Gasteiger partial charge is 0.353 e. The van der Waals surface area contributed by atoms with Gasteiger partial charge in [0.05, 0.1) is 10.6 Å². The van der Waals surface area contributed by atoms with Gasteiger partial charge in [-0.1, -0.05) is 29.8 Å². The smallest absolute Gasteiger partial charge is 0.264 e. The van der Waals surface area contributed by atoms with E-state index in [0.29, 0.717) is 13.1 Å². The van der Waals surface area contributed by atoms with Crippen molar-refractivity contribution in [3.05, 3.63) is 59.9 Å². The van der Waals surface area contributed by atoms with Crippen LogP contribution in [0, 0.1) is 12.7 Å². The first kappa shape index (κ1) is 20.9. The van der Waals surface area contributed by atoms with E-state index in [0.717, 1.165) is 15.9 Å². The first-order chi connectivity index (χ1) is 12.7. The lowest BCUT2D eigenvalue weighted by atomic mass is 10.2. The summed E-state index contributed by atoms with van der Waals surface area (Å²) in [4.78, 5) is 14.2. The van der Waals surface area contributed by atoms with E-state index in [4.69, 9.17) is 0 Å². The predicted octanol–water partition coefficient (Wildman–Crippen LogP) is 2.01. The molecule has 8 heteroatoms. The Balaban J connectivity index is 2.34. The third-order valence-corrected chi connectivity index (χ3v) is 5.67. The van der Waals surface area contributed by atoms with Crippen molar-refractivity contribution in [1.29, 1.82) is 0 Å². The average molecular weight is 393 g/mol. The van der Waals surface area contributed by atoms with Gasteiger partial charge in [-0.3, -0.25) is 9.10 Å². The molecule has 0 aromatic heterocycles. The van der Waals surface area contributed by atoms with Gasteiger partial charge < -0.3 is 10.2 Å². The molecule has 0 saturated carbocycles. The lowest BCUT2D eigenvalue weighted by Gasteiger charge is -2.24. The molecule has 0 heterocycles. The van der Waals surface area contributed by atoms with E-state index in [1.165, 1.54) is 30.3 Å². The van der Waals surface area contributed by atoms with Crippen LogP contribution >= 0.6 is 0 Å². The van der Waals surface area contributed by atoms with Crippen molar-refractivity contribution in [2.45, 2.75) is 11.8 Å². The van der Waals surface area contributed by atoms with Crippen molar-refractivity contribution in [2.75, 3.05) is 38.0 Å². The highest BCUT2D eigenvalue weighted by molar-refractivity contribution is 7.92. The third-order valence-electron chi connectivity index (χ3n) is 3.90. The number of rotatable bonds is 8. The molecule has 0 aliphatic heterocycles. The van der Waals surface area contributed by atoms with Crippen LogP contribution in [-0.2, 0) is 14.8 Å². The summed E-state index contributed by atoms with van der Waals surface area (Å²) in [5.41, 5.74) is 0.730. The number of amides is 1. The summed E-state index contributed by atoms with van der Waals surface area (Å²) in [6, 6.07) is 11.7. The molecule has 0 aliphatic carbocycles. The van der Waals surface area contributed by atoms with Crippen molar-refractivity contribution in [3.63, 3.8) is 0 Å². The number of anilines is 1. The van der Waals surface area contributed by atoms with Crippen molar-refractivity contribution in [3.8, 4) is 0 Å². The van der Waals surface area contributed by atoms with Crippen LogP contribution in [0.2, 0.25) is 0 Å². The Hall–Kier alpha value is -2.45. The van der Waals surface area contributed by atoms with E-state index >= 15 is 0 Å². The Labute approximate surface area is 159 Å². The molecule has 0 aliphatic rings. The van der Waals surface area contributed by atoms with Gasteiger partial charge in [-0.2, -0.15) is 0 Å². The number of likely N-dealkylation sites (N-methyl/N-ethyl adjacent to an activating group) is 1.